The average Bonchev–Trinajstić information content (AvgIpc) is 2.69. The van der Waals surface area contributed by atoms with Crippen LogP contribution in [0.3, 0.4) is 0 Å². The summed E-state index contributed by atoms with van der Waals surface area (Å²) in [6.45, 7) is 5.74. The minimum absolute atomic E-state index is 0.000809. The molecule has 0 radical (unpaired) electrons. The molecular weight excluding hydrogens is 328 g/mol. The van der Waals surface area contributed by atoms with Crippen LogP contribution in [0, 0.1) is 6.92 Å². The summed E-state index contributed by atoms with van der Waals surface area (Å²) >= 11 is 0. The van der Waals surface area contributed by atoms with Crippen LogP contribution in [0.1, 0.15) is 37.4 Å². The number of aryl methyl sites for hydroxylation is 1. The van der Waals surface area contributed by atoms with E-state index >= 15 is 0 Å². The van der Waals surface area contributed by atoms with Gasteiger partial charge >= 0.3 is 0 Å². The van der Waals surface area contributed by atoms with Gasteiger partial charge in [-0.15, -0.1) is 0 Å². The Balaban J connectivity index is 1.82. The molecule has 1 aromatic carbocycles. The van der Waals surface area contributed by atoms with Crippen molar-refractivity contribution in [2.75, 3.05) is 25.1 Å². The molecule has 0 unspecified atom stereocenters. The zero-order valence-corrected chi connectivity index (χ0v) is 15.5. The second-order valence-corrected chi connectivity index (χ2v) is 6.65. The van der Waals surface area contributed by atoms with Crippen LogP contribution in [-0.2, 0) is 14.9 Å². The van der Waals surface area contributed by atoms with Gasteiger partial charge in [0.15, 0.2) is 0 Å². The molecule has 1 saturated heterocycles. The molecule has 1 aromatic heterocycles. The Morgan fingerprint density at radius 1 is 1.19 bits per heavy atom. The minimum Gasteiger partial charge on any atom is -0.478 e. The average molecular weight is 354 g/mol. The van der Waals surface area contributed by atoms with E-state index < -0.39 is 5.41 Å². The first kappa shape index (κ1) is 18.4. The van der Waals surface area contributed by atoms with Crippen LogP contribution in [0.2, 0.25) is 0 Å². The summed E-state index contributed by atoms with van der Waals surface area (Å²) in [4.78, 5) is 17.7. The number of rotatable bonds is 6. The van der Waals surface area contributed by atoms with Crippen molar-refractivity contribution in [1.82, 2.24) is 4.98 Å². The number of carbonyl (C=O) groups excluding carboxylic acids is 1. The van der Waals surface area contributed by atoms with E-state index in [4.69, 9.17) is 9.47 Å². The number of pyridine rings is 1. The molecule has 2 heterocycles. The molecule has 1 amide bonds. The fourth-order valence-corrected chi connectivity index (χ4v) is 3.32. The monoisotopic (exact) mass is 354 g/mol. The second-order valence-electron chi connectivity index (χ2n) is 6.65. The molecule has 1 N–H and O–H groups in total. The summed E-state index contributed by atoms with van der Waals surface area (Å²) in [5.74, 6) is 0.588. The normalized spacial score (nSPS) is 16.1. The highest BCUT2D eigenvalue weighted by Crippen LogP contribution is 2.36. The van der Waals surface area contributed by atoms with Gasteiger partial charge in [-0.2, -0.15) is 0 Å². The predicted molar refractivity (Wildman–Crippen MR) is 102 cm³/mol. The van der Waals surface area contributed by atoms with Crippen LogP contribution < -0.4 is 10.1 Å². The Labute approximate surface area is 154 Å². The first-order chi connectivity index (χ1) is 12.7. The highest BCUT2D eigenvalue weighted by atomic mass is 16.5. The molecule has 1 aliphatic rings. The number of nitrogens with zero attached hydrogens (tertiary/aromatic N) is 1. The van der Waals surface area contributed by atoms with Crippen molar-refractivity contribution >= 4 is 11.6 Å². The van der Waals surface area contributed by atoms with E-state index in [0.29, 0.717) is 38.5 Å². The van der Waals surface area contributed by atoms with Crippen LogP contribution in [0.25, 0.3) is 0 Å². The number of aromatic nitrogens is 1. The summed E-state index contributed by atoms with van der Waals surface area (Å²) in [5, 5.41) is 3.09. The van der Waals surface area contributed by atoms with Crippen LogP contribution in [0.4, 0.5) is 5.69 Å². The van der Waals surface area contributed by atoms with E-state index in [0.717, 1.165) is 23.4 Å². The van der Waals surface area contributed by atoms with E-state index in [9.17, 15) is 4.79 Å². The third kappa shape index (κ3) is 3.88. The van der Waals surface area contributed by atoms with Crippen molar-refractivity contribution in [2.24, 2.45) is 0 Å². The number of carbonyl (C=O) groups is 1. The van der Waals surface area contributed by atoms with Crippen molar-refractivity contribution in [1.29, 1.82) is 0 Å². The number of nitrogens with one attached hydrogen (secondary N) is 1. The van der Waals surface area contributed by atoms with E-state index in [-0.39, 0.29) is 5.91 Å². The number of anilines is 1. The molecule has 1 aliphatic heterocycles. The van der Waals surface area contributed by atoms with Crippen LogP contribution in [-0.4, -0.2) is 30.7 Å². The molecule has 0 atom stereocenters. The smallest absolute Gasteiger partial charge is 0.235 e. The van der Waals surface area contributed by atoms with Crippen molar-refractivity contribution < 1.29 is 14.3 Å². The third-order valence-electron chi connectivity index (χ3n) is 4.87. The van der Waals surface area contributed by atoms with Crippen molar-refractivity contribution in [3.05, 3.63) is 53.7 Å². The minimum atomic E-state index is -0.566. The number of hydrogen-bond acceptors (Lipinski definition) is 4. The molecule has 0 saturated carbocycles. The fourth-order valence-electron chi connectivity index (χ4n) is 3.32. The van der Waals surface area contributed by atoms with Gasteiger partial charge < -0.3 is 14.8 Å². The molecular formula is C21H26N2O3. The number of hydrogen-bond donors (Lipinski definition) is 1. The summed E-state index contributed by atoms with van der Waals surface area (Å²) < 4.78 is 11.1. The van der Waals surface area contributed by atoms with Gasteiger partial charge in [0.2, 0.25) is 11.8 Å². The highest BCUT2D eigenvalue weighted by molar-refractivity contribution is 5.99. The van der Waals surface area contributed by atoms with Crippen molar-refractivity contribution in [3.8, 4) is 5.88 Å². The molecule has 5 heteroatoms. The predicted octanol–water partition coefficient (Wildman–Crippen LogP) is 3.87. The lowest BCUT2D eigenvalue weighted by Gasteiger charge is -2.36. The van der Waals surface area contributed by atoms with Gasteiger partial charge in [-0.3, -0.25) is 4.79 Å². The molecule has 0 aliphatic carbocycles. The molecule has 2 aromatic rings. The first-order valence-corrected chi connectivity index (χ1v) is 9.21. The molecule has 26 heavy (non-hydrogen) atoms. The SMILES string of the molecule is CCCOc1ccc(NC(=O)C2(c3ccccc3)CCOCC2)c(C)n1. The number of benzene rings is 1. The van der Waals surface area contributed by atoms with E-state index in [1.807, 2.05) is 43.3 Å². The second kappa shape index (κ2) is 8.32. The van der Waals surface area contributed by atoms with E-state index in [2.05, 4.69) is 17.2 Å². The van der Waals surface area contributed by atoms with Crippen molar-refractivity contribution in [2.45, 2.75) is 38.5 Å². The van der Waals surface area contributed by atoms with Gasteiger partial charge in [0.25, 0.3) is 0 Å². The molecule has 5 nitrogen and oxygen atoms in total. The molecule has 0 spiro atoms. The quantitative estimate of drug-likeness (QED) is 0.855. The van der Waals surface area contributed by atoms with Gasteiger partial charge in [-0.1, -0.05) is 37.3 Å². The Morgan fingerprint density at radius 2 is 1.92 bits per heavy atom. The summed E-state index contributed by atoms with van der Waals surface area (Å²) in [6.07, 6.45) is 2.28. The standard InChI is InChI=1S/C21H26N2O3/c1-3-13-26-19-10-9-18(16(2)22-19)23-20(24)21(11-14-25-15-12-21)17-7-5-4-6-8-17/h4-10H,3,11-15H2,1-2H3,(H,23,24). The zero-order chi connectivity index (χ0) is 18.4. The summed E-state index contributed by atoms with van der Waals surface area (Å²) in [6, 6.07) is 13.6. The number of ether oxygens (including phenoxy) is 2. The molecule has 1 fully saturated rings. The van der Waals surface area contributed by atoms with Crippen molar-refractivity contribution in [3.63, 3.8) is 0 Å². The third-order valence-corrected chi connectivity index (χ3v) is 4.87. The van der Waals surface area contributed by atoms with Gasteiger partial charge in [0.05, 0.1) is 23.4 Å². The Morgan fingerprint density at radius 3 is 2.58 bits per heavy atom. The largest absolute Gasteiger partial charge is 0.478 e. The number of amides is 1. The fraction of sp³-hybridized carbons (Fsp3) is 0.429. The van der Waals surface area contributed by atoms with E-state index in [1.165, 1.54) is 0 Å². The molecule has 3 rings (SSSR count). The molecule has 138 valence electrons. The maximum Gasteiger partial charge on any atom is 0.235 e. The highest BCUT2D eigenvalue weighted by Gasteiger charge is 2.41. The van der Waals surface area contributed by atoms with Gasteiger partial charge in [0.1, 0.15) is 0 Å². The molecule has 0 bridgehead atoms. The van der Waals surface area contributed by atoms with E-state index in [1.54, 1.807) is 6.07 Å². The van der Waals surface area contributed by atoms with Crippen LogP contribution in [0.15, 0.2) is 42.5 Å². The maximum atomic E-state index is 13.3. The first-order valence-electron chi connectivity index (χ1n) is 9.21. The Kier molecular flexibility index (Phi) is 5.89. The maximum absolute atomic E-state index is 13.3. The Hall–Kier alpha value is -2.40. The van der Waals surface area contributed by atoms with Gasteiger partial charge in [0, 0.05) is 19.3 Å². The van der Waals surface area contributed by atoms with Crippen LogP contribution >= 0.6 is 0 Å². The lowest BCUT2D eigenvalue weighted by Crippen LogP contribution is -2.45. The lowest BCUT2D eigenvalue weighted by atomic mass is 9.73. The topological polar surface area (TPSA) is 60.5 Å². The summed E-state index contributed by atoms with van der Waals surface area (Å²) in [7, 11) is 0. The van der Waals surface area contributed by atoms with Crippen LogP contribution in [0.5, 0.6) is 5.88 Å². The zero-order valence-electron chi connectivity index (χ0n) is 15.5. The lowest BCUT2D eigenvalue weighted by molar-refractivity contribution is -0.125. The van der Waals surface area contributed by atoms with Gasteiger partial charge in [-0.05, 0) is 37.8 Å². The summed E-state index contributed by atoms with van der Waals surface area (Å²) in [5.41, 5.74) is 1.95. The van der Waals surface area contributed by atoms with Gasteiger partial charge in [-0.25, -0.2) is 4.98 Å². The Bertz CT molecular complexity index is 740.